The molecule has 2 saturated carbocycles. The number of rotatable bonds is 8. The van der Waals surface area contributed by atoms with Gasteiger partial charge in [-0.1, -0.05) is 31.2 Å². The molecule has 2 fully saturated rings. The molecule has 0 radical (unpaired) electrons. The number of aryl methyl sites for hydroxylation is 1. The summed E-state index contributed by atoms with van der Waals surface area (Å²) in [7, 11) is 0. The number of hydrogen-bond acceptors (Lipinski definition) is 3. The van der Waals surface area contributed by atoms with Crippen LogP contribution in [-0.4, -0.2) is 29.8 Å². The fourth-order valence-electron chi connectivity index (χ4n) is 5.56. The third kappa shape index (κ3) is 6.69. The summed E-state index contributed by atoms with van der Waals surface area (Å²) < 4.78 is 48.5. The number of carbonyl (C=O) groups is 1. The Bertz CT molecular complexity index is 1010. The molecule has 35 heavy (non-hydrogen) atoms. The summed E-state index contributed by atoms with van der Waals surface area (Å²) in [6.07, 6.45) is 3.48. The maximum atomic E-state index is 14.2. The van der Waals surface area contributed by atoms with Gasteiger partial charge in [-0.25, -0.2) is 0 Å². The van der Waals surface area contributed by atoms with Crippen LogP contribution in [0, 0.1) is 11.8 Å². The largest absolute Gasteiger partial charge is 0.490 e. The number of carboxylic acid groups (broad SMARTS) is 1. The lowest BCUT2D eigenvalue weighted by molar-refractivity contribution is -0.143. The van der Waals surface area contributed by atoms with E-state index in [1.54, 1.807) is 18.2 Å². The van der Waals surface area contributed by atoms with Crippen molar-refractivity contribution in [2.75, 3.05) is 6.54 Å². The number of nitrogens with one attached hydrogen (secondary N) is 1. The molecule has 0 unspecified atom stereocenters. The highest BCUT2D eigenvalue weighted by Gasteiger charge is 2.37. The fourth-order valence-corrected chi connectivity index (χ4v) is 5.56. The molecule has 4 nitrogen and oxygen atoms in total. The van der Waals surface area contributed by atoms with E-state index >= 15 is 0 Å². The van der Waals surface area contributed by atoms with Crippen molar-refractivity contribution in [1.29, 1.82) is 0 Å². The molecule has 0 aromatic heterocycles. The molecule has 7 heteroatoms. The van der Waals surface area contributed by atoms with Crippen molar-refractivity contribution in [2.24, 2.45) is 11.8 Å². The molecule has 0 spiro atoms. The molecule has 2 aromatic rings. The van der Waals surface area contributed by atoms with E-state index in [2.05, 4.69) is 12.2 Å². The minimum Gasteiger partial charge on any atom is -0.490 e. The van der Waals surface area contributed by atoms with Gasteiger partial charge in [0.1, 0.15) is 11.3 Å². The molecular formula is C28H36F3NO3. The molecule has 4 rings (SSSR count). The van der Waals surface area contributed by atoms with Crippen molar-refractivity contribution in [3.63, 3.8) is 0 Å². The lowest BCUT2D eigenvalue weighted by Crippen LogP contribution is -2.35. The van der Waals surface area contributed by atoms with E-state index in [9.17, 15) is 18.0 Å². The number of carboxylic acids is 1. The summed E-state index contributed by atoms with van der Waals surface area (Å²) >= 11 is 0. The highest BCUT2D eigenvalue weighted by molar-refractivity contribution is 5.89. The van der Waals surface area contributed by atoms with Crippen LogP contribution in [0.3, 0.4) is 0 Å². The van der Waals surface area contributed by atoms with Gasteiger partial charge in [-0.05, 0) is 99.1 Å². The minimum absolute atomic E-state index is 0.0552. The predicted octanol–water partition coefficient (Wildman–Crippen LogP) is 6.98. The van der Waals surface area contributed by atoms with Crippen LogP contribution in [0.2, 0.25) is 0 Å². The van der Waals surface area contributed by atoms with Gasteiger partial charge in [0, 0.05) is 6.04 Å². The Balaban J connectivity index is 1.41. The summed E-state index contributed by atoms with van der Waals surface area (Å²) in [5, 5.41) is 13.4. The number of halogens is 3. The maximum Gasteiger partial charge on any atom is 0.420 e. The monoisotopic (exact) mass is 491 g/mol. The Morgan fingerprint density at radius 3 is 2.37 bits per heavy atom. The van der Waals surface area contributed by atoms with Crippen molar-refractivity contribution in [2.45, 2.75) is 89.5 Å². The molecule has 2 aromatic carbocycles. The van der Waals surface area contributed by atoms with E-state index in [1.165, 1.54) is 6.07 Å². The zero-order chi connectivity index (χ0) is 25.0. The normalized spacial score (nSPS) is 25.5. The zero-order valence-corrected chi connectivity index (χ0v) is 20.4. The lowest BCUT2D eigenvalue weighted by atomic mass is 9.86. The highest BCUT2D eigenvalue weighted by Crippen LogP contribution is 2.43. The van der Waals surface area contributed by atoms with E-state index in [-0.39, 0.29) is 23.2 Å². The fraction of sp³-hybridized carbons (Fsp3) is 0.607. The number of hydrogen-bond donors (Lipinski definition) is 2. The van der Waals surface area contributed by atoms with Gasteiger partial charge in [-0.2, -0.15) is 13.2 Å². The van der Waals surface area contributed by atoms with Crippen molar-refractivity contribution in [1.82, 2.24) is 5.32 Å². The lowest BCUT2D eigenvalue weighted by Gasteiger charge is -2.28. The van der Waals surface area contributed by atoms with E-state index in [4.69, 9.17) is 9.84 Å². The Hall–Kier alpha value is -2.28. The average molecular weight is 492 g/mol. The van der Waals surface area contributed by atoms with Crippen molar-refractivity contribution >= 4 is 16.7 Å². The van der Waals surface area contributed by atoms with Crippen molar-refractivity contribution in [3.05, 3.63) is 41.5 Å². The Labute approximate surface area is 205 Å². The smallest absolute Gasteiger partial charge is 0.420 e. The van der Waals surface area contributed by atoms with Gasteiger partial charge in [0.15, 0.2) is 0 Å². The second-order valence-electron chi connectivity index (χ2n) is 10.4. The molecule has 2 aliphatic rings. The van der Waals surface area contributed by atoms with Gasteiger partial charge < -0.3 is 15.2 Å². The van der Waals surface area contributed by atoms with E-state index < -0.39 is 17.7 Å². The maximum absolute atomic E-state index is 14.2. The van der Waals surface area contributed by atoms with Gasteiger partial charge in [-0.3, -0.25) is 4.79 Å². The standard InChI is InChI=1S/C28H36F3NO3/c1-18-4-13-23(14-5-18)35-25-15-10-20-7-6-19(17-24(20)26(25)28(29,30)31)3-2-16-32-22-11-8-21(9-12-22)27(33)34/h6-7,10,15,17-18,21-23,32H,2-5,8-9,11-14,16H2,1H3,(H,33,34)/t18-,21-,22+,23+. The van der Waals surface area contributed by atoms with Gasteiger partial charge >= 0.3 is 12.1 Å². The van der Waals surface area contributed by atoms with E-state index in [0.717, 1.165) is 57.1 Å². The van der Waals surface area contributed by atoms with Crippen LogP contribution < -0.4 is 10.1 Å². The molecule has 0 bridgehead atoms. The van der Waals surface area contributed by atoms with Gasteiger partial charge in [0.05, 0.1) is 12.0 Å². The van der Waals surface area contributed by atoms with Crippen LogP contribution in [-0.2, 0) is 17.4 Å². The SMILES string of the molecule is C[C@H]1CC[C@@H](Oc2ccc3ccc(CCCN[C@H]4CC[C@@H](C(=O)O)CC4)cc3c2C(F)(F)F)CC1. The van der Waals surface area contributed by atoms with Crippen LogP contribution in [0.25, 0.3) is 10.8 Å². The van der Waals surface area contributed by atoms with E-state index in [0.29, 0.717) is 36.6 Å². The van der Waals surface area contributed by atoms with Crippen molar-refractivity contribution in [3.8, 4) is 5.75 Å². The summed E-state index contributed by atoms with van der Waals surface area (Å²) in [6.45, 7) is 2.93. The number of ether oxygens (including phenoxy) is 1. The molecule has 0 aliphatic heterocycles. The topological polar surface area (TPSA) is 58.6 Å². The van der Waals surface area contributed by atoms with Gasteiger partial charge in [-0.15, -0.1) is 0 Å². The van der Waals surface area contributed by atoms with Crippen LogP contribution in [0.1, 0.15) is 75.8 Å². The van der Waals surface area contributed by atoms with Crippen LogP contribution in [0.4, 0.5) is 13.2 Å². The molecule has 0 amide bonds. The van der Waals surface area contributed by atoms with Crippen LogP contribution >= 0.6 is 0 Å². The van der Waals surface area contributed by atoms with E-state index in [1.807, 2.05) is 6.07 Å². The highest BCUT2D eigenvalue weighted by atomic mass is 19.4. The third-order valence-electron chi connectivity index (χ3n) is 7.74. The Kier molecular flexibility index (Phi) is 8.25. The van der Waals surface area contributed by atoms with Crippen LogP contribution in [0.15, 0.2) is 30.3 Å². The van der Waals surface area contributed by atoms with Crippen LogP contribution in [0.5, 0.6) is 5.75 Å². The first-order valence-electron chi connectivity index (χ1n) is 13.0. The molecule has 0 heterocycles. The molecule has 0 saturated heterocycles. The second-order valence-corrected chi connectivity index (χ2v) is 10.4. The first-order chi connectivity index (χ1) is 16.7. The first-order valence-corrected chi connectivity index (χ1v) is 13.0. The summed E-state index contributed by atoms with van der Waals surface area (Å²) in [4.78, 5) is 11.1. The molecular weight excluding hydrogens is 455 g/mol. The number of aliphatic carboxylic acids is 1. The third-order valence-corrected chi connectivity index (χ3v) is 7.74. The summed E-state index contributed by atoms with van der Waals surface area (Å²) in [5.74, 6) is -0.394. The zero-order valence-electron chi connectivity index (χ0n) is 20.4. The first kappa shape index (κ1) is 25.8. The molecule has 2 N–H and O–H groups in total. The number of alkyl halides is 3. The summed E-state index contributed by atoms with van der Waals surface area (Å²) in [5.41, 5.74) is 0.215. The quantitative estimate of drug-likeness (QED) is 0.391. The molecule has 0 atom stereocenters. The number of benzene rings is 2. The second kappa shape index (κ2) is 11.2. The van der Waals surface area contributed by atoms with Crippen molar-refractivity contribution < 1.29 is 27.8 Å². The minimum atomic E-state index is -4.49. The average Bonchev–Trinajstić information content (AvgIpc) is 2.82. The molecule has 2 aliphatic carbocycles. The predicted molar refractivity (Wildman–Crippen MR) is 131 cm³/mol. The number of fused-ring (bicyclic) bond motifs is 1. The Morgan fingerprint density at radius 1 is 1.03 bits per heavy atom. The molecule has 192 valence electrons. The Morgan fingerprint density at radius 2 is 1.71 bits per heavy atom. The van der Waals surface area contributed by atoms with Gasteiger partial charge in [0.25, 0.3) is 0 Å². The van der Waals surface area contributed by atoms with Gasteiger partial charge in [0.2, 0.25) is 0 Å². The summed E-state index contributed by atoms with van der Waals surface area (Å²) in [6, 6.07) is 8.87.